The van der Waals surface area contributed by atoms with Crippen molar-refractivity contribution in [2.45, 2.75) is 19.8 Å². The van der Waals surface area contributed by atoms with Crippen LogP contribution in [0.2, 0.25) is 0 Å². The number of carbonyl (C=O) groups is 3. The summed E-state index contributed by atoms with van der Waals surface area (Å²) < 4.78 is 5.03. The molecule has 2 aromatic carbocycles. The molecule has 0 bridgehead atoms. The minimum Gasteiger partial charge on any atom is -0.455 e. The van der Waals surface area contributed by atoms with Gasteiger partial charge < -0.3 is 15.0 Å². The van der Waals surface area contributed by atoms with Crippen molar-refractivity contribution in [3.8, 4) is 0 Å². The highest BCUT2D eigenvalue weighted by Crippen LogP contribution is 2.26. The third kappa shape index (κ3) is 4.80. The molecule has 1 aliphatic heterocycles. The summed E-state index contributed by atoms with van der Waals surface area (Å²) in [6.45, 7) is 1.61. The normalized spacial score (nSPS) is 15.7. The molecule has 2 amide bonds. The van der Waals surface area contributed by atoms with Gasteiger partial charge in [-0.3, -0.25) is 24.5 Å². The number of nitro benzene ring substituents is 1. The van der Waals surface area contributed by atoms with Crippen molar-refractivity contribution < 1.29 is 24.0 Å². The first kappa shape index (κ1) is 21.0. The van der Waals surface area contributed by atoms with Crippen molar-refractivity contribution in [1.29, 1.82) is 0 Å². The van der Waals surface area contributed by atoms with Crippen LogP contribution in [0.25, 0.3) is 0 Å². The van der Waals surface area contributed by atoms with Crippen LogP contribution in [0.3, 0.4) is 0 Å². The summed E-state index contributed by atoms with van der Waals surface area (Å²) in [6.07, 6.45) is 0.886. The Morgan fingerprint density at radius 2 is 1.90 bits per heavy atom. The number of amides is 2. The van der Waals surface area contributed by atoms with Gasteiger partial charge in [0.2, 0.25) is 5.91 Å². The van der Waals surface area contributed by atoms with Gasteiger partial charge >= 0.3 is 5.97 Å². The summed E-state index contributed by atoms with van der Waals surface area (Å²) in [5.41, 5.74) is 1.61. The van der Waals surface area contributed by atoms with Gasteiger partial charge in [-0.15, -0.1) is 0 Å². The van der Waals surface area contributed by atoms with Gasteiger partial charge in [0.25, 0.3) is 11.6 Å². The zero-order valence-corrected chi connectivity index (χ0v) is 16.4. The Morgan fingerprint density at radius 3 is 2.57 bits per heavy atom. The first-order valence-electron chi connectivity index (χ1n) is 9.48. The molecule has 1 N–H and O–H groups in total. The number of benzene rings is 2. The van der Waals surface area contributed by atoms with E-state index in [1.165, 1.54) is 23.1 Å². The smallest absolute Gasteiger partial charge is 0.311 e. The third-order valence-electron chi connectivity index (χ3n) is 4.83. The van der Waals surface area contributed by atoms with Crippen molar-refractivity contribution in [1.82, 2.24) is 0 Å². The molecule has 2 aromatic rings. The predicted octanol–water partition coefficient (Wildman–Crippen LogP) is 2.69. The van der Waals surface area contributed by atoms with E-state index in [0.29, 0.717) is 5.69 Å². The third-order valence-corrected chi connectivity index (χ3v) is 4.83. The molecule has 156 valence electrons. The highest BCUT2D eigenvalue weighted by Gasteiger charge is 2.36. The number of aryl methyl sites for hydroxylation is 1. The van der Waals surface area contributed by atoms with E-state index in [9.17, 15) is 24.5 Å². The SMILES string of the molecule is CCc1ccc(N2C[C@H](C(=O)OCC(=O)Nc3ccccc3[N+](=O)[O-])CC2=O)cc1. The zero-order valence-electron chi connectivity index (χ0n) is 16.4. The molecule has 9 nitrogen and oxygen atoms in total. The summed E-state index contributed by atoms with van der Waals surface area (Å²) in [7, 11) is 0. The largest absolute Gasteiger partial charge is 0.455 e. The fourth-order valence-corrected chi connectivity index (χ4v) is 3.21. The number of hydrogen-bond acceptors (Lipinski definition) is 6. The fourth-order valence-electron chi connectivity index (χ4n) is 3.21. The fraction of sp³-hybridized carbons (Fsp3) is 0.286. The minimum absolute atomic E-state index is 0.000138. The second-order valence-electron chi connectivity index (χ2n) is 6.86. The van der Waals surface area contributed by atoms with Crippen molar-refractivity contribution in [2.24, 2.45) is 5.92 Å². The van der Waals surface area contributed by atoms with E-state index in [1.54, 1.807) is 6.07 Å². The van der Waals surface area contributed by atoms with Crippen LogP contribution in [-0.4, -0.2) is 35.9 Å². The summed E-state index contributed by atoms with van der Waals surface area (Å²) in [5, 5.41) is 13.3. The van der Waals surface area contributed by atoms with Crippen LogP contribution in [0.1, 0.15) is 18.9 Å². The van der Waals surface area contributed by atoms with Crippen LogP contribution >= 0.6 is 0 Å². The topological polar surface area (TPSA) is 119 Å². The van der Waals surface area contributed by atoms with Crippen LogP contribution in [0.5, 0.6) is 0 Å². The van der Waals surface area contributed by atoms with Gasteiger partial charge in [0, 0.05) is 24.7 Å². The lowest BCUT2D eigenvalue weighted by molar-refractivity contribution is -0.383. The number of hydrogen-bond donors (Lipinski definition) is 1. The molecule has 0 aromatic heterocycles. The Kier molecular flexibility index (Phi) is 6.41. The molecule has 0 spiro atoms. The second kappa shape index (κ2) is 9.17. The zero-order chi connectivity index (χ0) is 21.7. The molecule has 0 saturated carbocycles. The maximum absolute atomic E-state index is 12.3. The maximum Gasteiger partial charge on any atom is 0.311 e. The first-order valence-corrected chi connectivity index (χ1v) is 9.48. The van der Waals surface area contributed by atoms with Crippen molar-refractivity contribution in [3.63, 3.8) is 0 Å². The standard InChI is InChI=1S/C21H21N3O6/c1-2-14-7-9-16(10-8-14)23-12-15(11-20(23)26)21(27)30-13-19(25)22-17-5-3-4-6-18(17)24(28)29/h3-10,15H,2,11-13H2,1H3,(H,22,25)/t15-/m1/s1. The lowest BCUT2D eigenvalue weighted by atomic mass is 10.1. The Labute approximate surface area is 172 Å². The van der Waals surface area contributed by atoms with Gasteiger partial charge in [-0.05, 0) is 30.2 Å². The molecule has 1 atom stereocenters. The molecule has 1 saturated heterocycles. The summed E-state index contributed by atoms with van der Waals surface area (Å²) in [5.74, 6) is -2.23. The van der Waals surface area contributed by atoms with E-state index in [1.807, 2.05) is 31.2 Å². The highest BCUT2D eigenvalue weighted by molar-refractivity contribution is 6.00. The quantitative estimate of drug-likeness (QED) is 0.425. The summed E-state index contributed by atoms with van der Waals surface area (Å²) in [6, 6.07) is 13.2. The second-order valence-corrected chi connectivity index (χ2v) is 6.86. The number of carbonyl (C=O) groups excluding carboxylic acids is 3. The van der Waals surface area contributed by atoms with E-state index >= 15 is 0 Å². The van der Waals surface area contributed by atoms with Gasteiger partial charge in [0.15, 0.2) is 6.61 Å². The van der Waals surface area contributed by atoms with Crippen molar-refractivity contribution in [3.05, 3.63) is 64.2 Å². The van der Waals surface area contributed by atoms with Crippen LogP contribution in [0.4, 0.5) is 17.1 Å². The number of rotatable bonds is 7. The number of ether oxygens (including phenoxy) is 1. The lowest BCUT2D eigenvalue weighted by Crippen LogP contribution is -2.28. The molecule has 1 fully saturated rings. The van der Waals surface area contributed by atoms with Crippen molar-refractivity contribution in [2.75, 3.05) is 23.4 Å². The Hall–Kier alpha value is -3.75. The molecule has 1 aliphatic rings. The Morgan fingerprint density at radius 1 is 1.20 bits per heavy atom. The molecule has 1 heterocycles. The number of anilines is 2. The lowest BCUT2D eigenvalue weighted by Gasteiger charge is -2.17. The number of para-hydroxylation sites is 2. The summed E-state index contributed by atoms with van der Waals surface area (Å²) in [4.78, 5) is 48.5. The van der Waals surface area contributed by atoms with E-state index in [2.05, 4.69) is 5.32 Å². The molecular weight excluding hydrogens is 390 g/mol. The minimum atomic E-state index is -0.700. The Balaban J connectivity index is 1.54. The van der Waals surface area contributed by atoms with Crippen LogP contribution in [0, 0.1) is 16.0 Å². The van der Waals surface area contributed by atoms with E-state index in [4.69, 9.17) is 4.74 Å². The monoisotopic (exact) mass is 411 g/mol. The number of esters is 1. The average molecular weight is 411 g/mol. The average Bonchev–Trinajstić information content (AvgIpc) is 3.14. The molecule has 0 radical (unpaired) electrons. The van der Waals surface area contributed by atoms with Crippen LogP contribution < -0.4 is 10.2 Å². The number of nitrogens with zero attached hydrogens (tertiary/aromatic N) is 2. The van der Waals surface area contributed by atoms with Crippen molar-refractivity contribution >= 4 is 34.8 Å². The van der Waals surface area contributed by atoms with Gasteiger partial charge in [0.1, 0.15) is 5.69 Å². The molecule has 9 heteroatoms. The van der Waals surface area contributed by atoms with Gasteiger partial charge in [-0.1, -0.05) is 31.2 Å². The molecular formula is C21H21N3O6. The van der Waals surface area contributed by atoms with E-state index < -0.39 is 29.3 Å². The summed E-state index contributed by atoms with van der Waals surface area (Å²) >= 11 is 0. The molecule has 0 unspecified atom stereocenters. The number of nitrogens with one attached hydrogen (secondary N) is 1. The van der Waals surface area contributed by atoms with Gasteiger partial charge in [-0.25, -0.2) is 0 Å². The number of nitro groups is 1. The Bertz CT molecular complexity index is 973. The van der Waals surface area contributed by atoms with Gasteiger partial charge in [0.05, 0.1) is 10.8 Å². The van der Waals surface area contributed by atoms with E-state index in [0.717, 1.165) is 12.0 Å². The molecule has 30 heavy (non-hydrogen) atoms. The first-order chi connectivity index (χ1) is 14.4. The maximum atomic E-state index is 12.3. The van der Waals surface area contributed by atoms with E-state index in [-0.39, 0.29) is 30.2 Å². The van der Waals surface area contributed by atoms with Crippen LogP contribution in [0.15, 0.2) is 48.5 Å². The van der Waals surface area contributed by atoms with Gasteiger partial charge in [-0.2, -0.15) is 0 Å². The predicted molar refractivity (Wildman–Crippen MR) is 109 cm³/mol. The molecule has 0 aliphatic carbocycles. The molecule has 3 rings (SSSR count). The highest BCUT2D eigenvalue weighted by atomic mass is 16.6. The van der Waals surface area contributed by atoms with Crippen LogP contribution in [-0.2, 0) is 25.5 Å².